The number of nitrogens with zero attached hydrogens (tertiary/aromatic N) is 1. The minimum atomic E-state index is -0.680. The summed E-state index contributed by atoms with van der Waals surface area (Å²) in [4.78, 5) is 27.9. The Kier molecular flexibility index (Phi) is 6.14. The lowest BCUT2D eigenvalue weighted by atomic mass is 10.0. The predicted molar refractivity (Wildman–Crippen MR) is 123 cm³/mol. The van der Waals surface area contributed by atoms with Gasteiger partial charge in [0.25, 0.3) is 0 Å². The summed E-state index contributed by atoms with van der Waals surface area (Å²) in [5.74, 6) is -0.105. The molecule has 3 aromatic rings. The van der Waals surface area contributed by atoms with Crippen LogP contribution in [0.1, 0.15) is 11.1 Å². The van der Waals surface area contributed by atoms with Crippen molar-refractivity contribution in [3.63, 3.8) is 0 Å². The van der Waals surface area contributed by atoms with Gasteiger partial charge in [0.15, 0.2) is 0 Å². The number of carbonyl (C=O) groups excluding carboxylic acids is 2. The van der Waals surface area contributed by atoms with Gasteiger partial charge < -0.3 is 15.5 Å². The lowest BCUT2D eigenvalue weighted by Crippen LogP contribution is -2.50. The van der Waals surface area contributed by atoms with Gasteiger partial charge in [0, 0.05) is 23.1 Å². The van der Waals surface area contributed by atoms with Crippen LogP contribution in [0.2, 0.25) is 0 Å². The average molecular weight is 464 g/mol. The normalized spacial score (nSPS) is 13.4. The van der Waals surface area contributed by atoms with Crippen molar-refractivity contribution in [2.24, 2.45) is 0 Å². The summed E-state index contributed by atoms with van der Waals surface area (Å²) in [6, 6.07) is 23.9. The smallest absolute Gasteiger partial charge is 0.319 e. The van der Waals surface area contributed by atoms with Crippen LogP contribution in [0.3, 0.4) is 0 Å². The molecule has 6 heteroatoms. The molecule has 1 aliphatic rings. The van der Waals surface area contributed by atoms with Crippen LogP contribution >= 0.6 is 15.9 Å². The van der Waals surface area contributed by atoms with Crippen LogP contribution < -0.4 is 15.5 Å². The first-order chi connectivity index (χ1) is 14.6. The summed E-state index contributed by atoms with van der Waals surface area (Å²) in [6.07, 6.45) is 1.24. The third-order valence-electron chi connectivity index (χ3n) is 5.16. The number of halogens is 1. The number of para-hydroxylation sites is 2. The molecule has 5 nitrogen and oxygen atoms in total. The lowest BCUT2D eigenvalue weighted by Gasteiger charge is -2.25. The molecule has 0 saturated carbocycles. The molecule has 2 N–H and O–H groups in total. The molecule has 0 saturated heterocycles. The molecule has 0 unspecified atom stereocenters. The summed E-state index contributed by atoms with van der Waals surface area (Å²) in [5, 5.41) is 5.71. The first-order valence-corrected chi connectivity index (χ1v) is 10.7. The predicted octanol–water partition coefficient (Wildman–Crippen LogP) is 4.77. The zero-order valence-corrected chi connectivity index (χ0v) is 17.9. The van der Waals surface area contributed by atoms with Gasteiger partial charge in [-0.25, -0.2) is 4.79 Å². The molecule has 0 bridgehead atoms. The van der Waals surface area contributed by atoms with Crippen LogP contribution in [0, 0.1) is 0 Å². The van der Waals surface area contributed by atoms with Crippen LogP contribution in [0.15, 0.2) is 83.3 Å². The molecule has 1 atom stereocenters. The van der Waals surface area contributed by atoms with Gasteiger partial charge in [0.05, 0.1) is 5.69 Å². The third-order valence-corrected chi connectivity index (χ3v) is 5.85. The molecule has 3 amide bonds. The maximum absolute atomic E-state index is 13.4. The molecular weight excluding hydrogens is 442 g/mol. The number of urea groups is 1. The van der Waals surface area contributed by atoms with Crippen LogP contribution in [-0.4, -0.2) is 24.5 Å². The Morgan fingerprint density at radius 2 is 1.63 bits per heavy atom. The molecule has 1 heterocycles. The minimum absolute atomic E-state index is 0.105. The van der Waals surface area contributed by atoms with E-state index in [1.165, 1.54) is 0 Å². The van der Waals surface area contributed by atoms with E-state index < -0.39 is 12.1 Å². The minimum Gasteiger partial charge on any atom is -0.326 e. The first-order valence-electron chi connectivity index (χ1n) is 9.87. The van der Waals surface area contributed by atoms with Gasteiger partial charge in [0.1, 0.15) is 6.04 Å². The summed E-state index contributed by atoms with van der Waals surface area (Å²) in [5.41, 5.74) is 3.72. The van der Waals surface area contributed by atoms with Gasteiger partial charge in [-0.3, -0.25) is 4.79 Å². The molecular formula is C24H22BrN3O2. The second-order valence-corrected chi connectivity index (χ2v) is 8.04. The third kappa shape index (κ3) is 4.54. The summed E-state index contributed by atoms with van der Waals surface area (Å²) in [7, 11) is 0. The fourth-order valence-corrected chi connectivity index (χ4v) is 4.07. The number of fused-ring (bicyclic) bond motifs is 1. The second kappa shape index (κ2) is 9.13. The molecule has 152 valence electrons. The van der Waals surface area contributed by atoms with Gasteiger partial charge in [-0.05, 0) is 51.7 Å². The highest BCUT2D eigenvalue weighted by Gasteiger charge is 2.31. The Hall–Kier alpha value is -3.12. The number of rotatable bonds is 5. The monoisotopic (exact) mass is 463 g/mol. The Morgan fingerprint density at radius 1 is 0.933 bits per heavy atom. The van der Waals surface area contributed by atoms with Gasteiger partial charge in [-0.15, -0.1) is 0 Å². The van der Waals surface area contributed by atoms with Crippen molar-refractivity contribution in [3.8, 4) is 0 Å². The topological polar surface area (TPSA) is 61.4 Å². The molecule has 0 fully saturated rings. The summed E-state index contributed by atoms with van der Waals surface area (Å²) in [6.45, 7) is 0.622. The molecule has 0 spiro atoms. The van der Waals surface area contributed by atoms with Crippen molar-refractivity contribution in [1.82, 2.24) is 5.32 Å². The number of carbonyl (C=O) groups is 2. The number of hydrogen-bond donors (Lipinski definition) is 2. The Morgan fingerprint density at radius 3 is 2.43 bits per heavy atom. The van der Waals surface area contributed by atoms with Crippen LogP contribution in [0.5, 0.6) is 0 Å². The van der Waals surface area contributed by atoms with Crippen LogP contribution in [0.4, 0.5) is 16.2 Å². The molecule has 30 heavy (non-hydrogen) atoms. The fraction of sp³-hybridized carbons (Fsp3) is 0.167. The van der Waals surface area contributed by atoms with E-state index in [1.54, 1.807) is 11.0 Å². The maximum atomic E-state index is 13.4. The van der Waals surface area contributed by atoms with Gasteiger partial charge in [-0.1, -0.05) is 60.7 Å². The van der Waals surface area contributed by atoms with Gasteiger partial charge in [0.2, 0.25) is 5.91 Å². The van der Waals surface area contributed by atoms with Crippen molar-refractivity contribution in [2.75, 3.05) is 16.8 Å². The largest absolute Gasteiger partial charge is 0.326 e. The molecule has 0 radical (unpaired) electrons. The van der Waals surface area contributed by atoms with E-state index in [2.05, 4.69) is 26.6 Å². The van der Waals surface area contributed by atoms with E-state index >= 15 is 0 Å². The van der Waals surface area contributed by atoms with E-state index in [1.807, 2.05) is 72.8 Å². The molecule has 1 aliphatic heterocycles. The van der Waals surface area contributed by atoms with Gasteiger partial charge >= 0.3 is 6.03 Å². The summed E-state index contributed by atoms with van der Waals surface area (Å²) < 4.78 is 0.777. The number of anilines is 2. The molecule has 4 rings (SSSR count). The van der Waals surface area contributed by atoms with Crippen molar-refractivity contribution >= 4 is 39.2 Å². The Balaban J connectivity index is 1.54. The molecule has 3 aromatic carbocycles. The number of benzene rings is 3. The molecule has 0 aromatic heterocycles. The maximum Gasteiger partial charge on any atom is 0.319 e. The summed E-state index contributed by atoms with van der Waals surface area (Å²) >= 11 is 3.43. The SMILES string of the molecule is O=C(Nc1ccccc1Br)N[C@H](Cc1ccccc1)C(=O)N1CCc2ccccc21. The highest BCUT2D eigenvalue weighted by Crippen LogP contribution is 2.28. The van der Waals surface area contributed by atoms with E-state index in [-0.39, 0.29) is 5.91 Å². The highest BCUT2D eigenvalue weighted by molar-refractivity contribution is 9.10. The number of hydrogen-bond acceptors (Lipinski definition) is 2. The Labute approximate surface area is 184 Å². The average Bonchev–Trinajstić information content (AvgIpc) is 3.19. The zero-order valence-electron chi connectivity index (χ0n) is 16.3. The second-order valence-electron chi connectivity index (χ2n) is 7.19. The van der Waals surface area contributed by atoms with Crippen molar-refractivity contribution in [3.05, 3.63) is 94.5 Å². The first kappa shape index (κ1) is 20.2. The standard InChI is InChI=1S/C24H22BrN3O2/c25-19-11-5-6-12-20(19)26-24(30)27-21(16-17-8-2-1-3-9-17)23(29)28-15-14-18-10-4-7-13-22(18)28/h1-13,21H,14-16H2,(H2,26,27,30)/t21-/m1/s1. The van der Waals surface area contributed by atoms with E-state index in [4.69, 9.17) is 0 Å². The van der Waals surface area contributed by atoms with E-state index in [0.717, 1.165) is 27.7 Å². The quantitative estimate of drug-likeness (QED) is 0.572. The lowest BCUT2D eigenvalue weighted by molar-refractivity contribution is -0.120. The van der Waals surface area contributed by atoms with Gasteiger partial charge in [-0.2, -0.15) is 0 Å². The zero-order chi connectivity index (χ0) is 20.9. The molecule has 0 aliphatic carbocycles. The number of nitrogens with one attached hydrogen (secondary N) is 2. The van der Waals surface area contributed by atoms with Crippen molar-refractivity contribution < 1.29 is 9.59 Å². The van der Waals surface area contributed by atoms with Crippen molar-refractivity contribution in [1.29, 1.82) is 0 Å². The van der Waals surface area contributed by atoms with Crippen LogP contribution in [0.25, 0.3) is 0 Å². The number of amides is 3. The fourth-order valence-electron chi connectivity index (χ4n) is 3.68. The van der Waals surface area contributed by atoms with Crippen LogP contribution in [-0.2, 0) is 17.6 Å². The van der Waals surface area contributed by atoms with E-state index in [0.29, 0.717) is 18.7 Å². The highest BCUT2D eigenvalue weighted by atomic mass is 79.9. The Bertz CT molecular complexity index is 1060. The van der Waals surface area contributed by atoms with Crippen molar-refractivity contribution in [2.45, 2.75) is 18.9 Å². The van der Waals surface area contributed by atoms with E-state index in [9.17, 15) is 9.59 Å².